The molecule has 2 aromatic carbocycles. The highest BCUT2D eigenvalue weighted by atomic mass is 32.2. The summed E-state index contributed by atoms with van der Waals surface area (Å²) in [5.74, 6) is 0.428. The second kappa shape index (κ2) is 9.64. The molecule has 148 valence electrons. The molecule has 0 spiro atoms. The molecule has 2 aromatic rings. The zero-order chi connectivity index (χ0) is 19.9. The molecule has 3 rings (SSSR count). The fourth-order valence-corrected chi connectivity index (χ4v) is 3.96. The molecule has 5 nitrogen and oxygen atoms in total. The molecule has 0 unspecified atom stereocenters. The van der Waals surface area contributed by atoms with Gasteiger partial charge in [-0.05, 0) is 74.1 Å². The molecular formula is C22H27N3O2S. The molecule has 0 saturated heterocycles. The van der Waals surface area contributed by atoms with Gasteiger partial charge in [-0.15, -0.1) is 11.8 Å². The Morgan fingerprint density at radius 1 is 1.04 bits per heavy atom. The molecule has 1 aliphatic carbocycles. The van der Waals surface area contributed by atoms with Crippen LogP contribution < -0.4 is 16.0 Å². The topological polar surface area (TPSA) is 70.2 Å². The number of carbonyl (C=O) groups is 2. The number of carbonyl (C=O) groups excluding carboxylic acids is 2. The van der Waals surface area contributed by atoms with Crippen LogP contribution in [0.1, 0.15) is 37.0 Å². The molecule has 3 amide bonds. The molecule has 0 heterocycles. The van der Waals surface area contributed by atoms with Gasteiger partial charge < -0.3 is 16.0 Å². The van der Waals surface area contributed by atoms with Gasteiger partial charge in [0.05, 0.1) is 5.75 Å². The SMILES string of the molecule is CC(C)NC(=O)Nc1ccc(CNC(=O)CSc2ccc3c(c2)CCC3)cc1. The molecule has 1 aliphatic rings. The molecule has 0 aliphatic heterocycles. The molecule has 0 radical (unpaired) electrons. The van der Waals surface area contributed by atoms with Gasteiger partial charge in [-0.3, -0.25) is 4.79 Å². The van der Waals surface area contributed by atoms with Crippen LogP contribution in [-0.4, -0.2) is 23.7 Å². The predicted molar refractivity (Wildman–Crippen MR) is 115 cm³/mol. The molecule has 0 fully saturated rings. The van der Waals surface area contributed by atoms with Gasteiger partial charge in [0.1, 0.15) is 0 Å². The maximum Gasteiger partial charge on any atom is 0.319 e. The molecule has 0 atom stereocenters. The standard InChI is InChI=1S/C22H27N3O2S/c1-15(2)24-22(27)25-19-9-6-16(7-10-19)13-23-21(26)14-28-20-11-8-17-4-3-5-18(17)12-20/h6-12,15H,3-5,13-14H2,1-2H3,(H,23,26)(H2,24,25,27). The lowest BCUT2D eigenvalue weighted by Crippen LogP contribution is -2.34. The Bertz CT molecular complexity index is 834. The summed E-state index contributed by atoms with van der Waals surface area (Å²) in [4.78, 5) is 25.0. The van der Waals surface area contributed by atoms with Crippen LogP contribution in [0.15, 0.2) is 47.4 Å². The van der Waals surface area contributed by atoms with Crippen LogP contribution in [0.2, 0.25) is 0 Å². The Morgan fingerprint density at radius 2 is 1.79 bits per heavy atom. The second-order valence-electron chi connectivity index (χ2n) is 7.30. The van der Waals surface area contributed by atoms with Gasteiger partial charge in [-0.1, -0.05) is 18.2 Å². The van der Waals surface area contributed by atoms with E-state index in [0.29, 0.717) is 12.3 Å². The number of urea groups is 1. The van der Waals surface area contributed by atoms with Crippen molar-refractivity contribution in [3.63, 3.8) is 0 Å². The fraction of sp³-hybridized carbons (Fsp3) is 0.364. The Hall–Kier alpha value is -2.47. The first-order valence-corrected chi connectivity index (χ1v) is 10.7. The second-order valence-corrected chi connectivity index (χ2v) is 8.35. The van der Waals surface area contributed by atoms with Gasteiger partial charge in [0, 0.05) is 23.2 Å². The van der Waals surface area contributed by atoms with E-state index in [1.54, 1.807) is 11.8 Å². The first-order chi connectivity index (χ1) is 13.5. The van der Waals surface area contributed by atoms with Crippen LogP contribution in [0.25, 0.3) is 0 Å². The van der Waals surface area contributed by atoms with Crippen molar-refractivity contribution in [3.05, 3.63) is 59.2 Å². The molecule has 28 heavy (non-hydrogen) atoms. The Labute approximate surface area is 170 Å². The van der Waals surface area contributed by atoms with E-state index in [9.17, 15) is 9.59 Å². The van der Waals surface area contributed by atoms with E-state index >= 15 is 0 Å². The van der Waals surface area contributed by atoms with Crippen LogP contribution in [0.3, 0.4) is 0 Å². The molecule has 0 aromatic heterocycles. The van der Waals surface area contributed by atoms with Crippen LogP contribution in [-0.2, 0) is 24.2 Å². The minimum absolute atomic E-state index is 0.0176. The maximum absolute atomic E-state index is 12.1. The van der Waals surface area contributed by atoms with Crippen molar-refractivity contribution < 1.29 is 9.59 Å². The van der Waals surface area contributed by atoms with Crippen molar-refractivity contribution in [1.82, 2.24) is 10.6 Å². The number of hydrogen-bond donors (Lipinski definition) is 3. The minimum Gasteiger partial charge on any atom is -0.351 e. The molecule has 0 bridgehead atoms. The summed E-state index contributed by atoms with van der Waals surface area (Å²) in [5, 5.41) is 8.51. The third-order valence-electron chi connectivity index (χ3n) is 4.56. The van der Waals surface area contributed by atoms with Gasteiger partial charge in [0.25, 0.3) is 0 Å². The van der Waals surface area contributed by atoms with E-state index < -0.39 is 0 Å². The van der Waals surface area contributed by atoms with Gasteiger partial charge in [-0.25, -0.2) is 4.79 Å². The summed E-state index contributed by atoms with van der Waals surface area (Å²) in [7, 11) is 0. The third kappa shape index (κ3) is 6.02. The number of aryl methyl sites for hydroxylation is 2. The number of hydrogen-bond acceptors (Lipinski definition) is 3. The third-order valence-corrected chi connectivity index (χ3v) is 5.55. The summed E-state index contributed by atoms with van der Waals surface area (Å²) >= 11 is 1.58. The van der Waals surface area contributed by atoms with E-state index in [2.05, 4.69) is 34.1 Å². The van der Waals surface area contributed by atoms with E-state index in [4.69, 9.17) is 0 Å². The highest BCUT2D eigenvalue weighted by Crippen LogP contribution is 2.27. The number of amides is 3. The first-order valence-electron chi connectivity index (χ1n) is 9.67. The Kier molecular flexibility index (Phi) is 6.98. The molecular weight excluding hydrogens is 370 g/mol. The summed E-state index contributed by atoms with van der Waals surface area (Å²) in [5.41, 5.74) is 4.60. The lowest BCUT2D eigenvalue weighted by Gasteiger charge is -2.11. The summed E-state index contributed by atoms with van der Waals surface area (Å²) in [6, 6.07) is 13.9. The summed E-state index contributed by atoms with van der Waals surface area (Å²) < 4.78 is 0. The van der Waals surface area contributed by atoms with Crippen LogP contribution in [0, 0.1) is 0 Å². The number of benzene rings is 2. The van der Waals surface area contributed by atoms with E-state index in [1.807, 2.05) is 38.1 Å². The highest BCUT2D eigenvalue weighted by Gasteiger charge is 2.11. The van der Waals surface area contributed by atoms with Crippen LogP contribution in [0.5, 0.6) is 0 Å². The number of anilines is 1. The van der Waals surface area contributed by atoms with Crippen molar-refractivity contribution in [2.45, 2.75) is 50.6 Å². The number of nitrogens with one attached hydrogen (secondary N) is 3. The Balaban J connectivity index is 1.41. The molecule has 0 saturated carbocycles. The predicted octanol–water partition coefficient (Wildman–Crippen LogP) is 4.11. The van der Waals surface area contributed by atoms with E-state index in [0.717, 1.165) is 22.6 Å². The van der Waals surface area contributed by atoms with Crippen molar-refractivity contribution >= 4 is 29.4 Å². The van der Waals surface area contributed by atoms with Crippen molar-refractivity contribution in [2.24, 2.45) is 0 Å². The maximum atomic E-state index is 12.1. The van der Waals surface area contributed by atoms with Gasteiger partial charge in [0.2, 0.25) is 5.91 Å². The summed E-state index contributed by atoms with van der Waals surface area (Å²) in [6.45, 7) is 4.30. The zero-order valence-electron chi connectivity index (χ0n) is 16.4. The summed E-state index contributed by atoms with van der Waals surface area (Å²) in [6.07, 6.45) is 3.57. The fourth-order valence-electron chi connectivity index (χ4n) is 3.17. The highest BCUT2D eigenvalue weighted by molar-refractivity contribution is 8.00. The van der Waals surface area contributed by atoms with Crippen molar-refractivity contribution in [3.8, 4) is 0 Å². The average molecular weight is 398 g/mol. The van der Waals surface area contributed by atoms with Crippen LogP contribution in [0.4, 0.5) is 10.5 Å². The van der Waals surface area contributed by atoms with Gasteiger partial charge in [0.15, 0.2) is 0 Å². The Morgan fingerprint density at radius 3 is 2.54 bits per heavy atom. The minimum atomic E-state index is -0.223. The van der Waals surface area contributed by atoms with Gasteiger partial charge in [-0.2, -0.15) is 0 Å². The lowest BCUT2D eigenvalue weighted by atomic mass is 10.1. The van der Waals surface area contributed by atoms with Crippen molar-refractivity contribution in [2.75, 3.05) is 11.1 Å². The number of rotatable bonds is 7. The van der Waals surface area contributed by atoms with E-state index in [1.165, 1.54) is 24.0 Å². The van der Waals surface area contributed by atoms with Gasteiger partial charge >= 0.3 is 6.03 Å². The molecule has 6 heteroatoms. The zero-order valence-corrected chi connectivity index (χ0v) is 17.2. The quantitative estimate of drug-likeness (QED) is 0.616. The smallest absolute Gasteiger partial charge is 0.319 e. The number of thioether (sulfide) groups is 1. The number of fused-ring (bicyclic) bond motifs is 1. The normalized spacial score (nSPS) is 12.5. The average Bonchev–Trinajstić information content (AvgIpc) is 3.13. The van der Waals surface area contributed by atoms with E-state index in [-0.39, 0.29) is 18.0 Å². The monoisotopic (exact) mass is 397 g/mol. The van der Waals surface area contributed by atoms with Crippen molar-refractivity contribution in [1.29, 1.82) is 0 Å². The lowest BCUT2D eigenvalue weighted by molar-refractivity contribution is -0.118. The largest absolute Gasteiger partial charge is 0.351 e. The first kappa shape index (κ1) is 20.3. The molecule has 3 N–H and O–H groups in total. The van der Waals surface area contributed by atoms with Crippen LogP contribution >= 0.6 is 11.8 Å².